The largest absolute Gasteiger partial charge is 0.482 e. The minimum Gasteiger partial charge on any atom is -0.482 e. The minimum atomic E-state index is -0.585. The number of rotatable bonds is 2. The maximum absolute atomic E-state index is 11.6. The number of ketones is 1. The number of Topliss-reactive ketones (excluding diaryl/α,β-unsaturated/α-hetero) is 1. The number of halogens is 1. The van der Waals surface area contributed by atoms with Gasteiger partial charge in [0.05, 0.1) is 11.1 Å². The molecule has 0 unspecified atom stereocenters. The maximum Gasteiger partial charge on any atom is 0.262 e. The van der Waals surface area contributed by atoms with Crippen LogP contribution in [0.5, 0.6) is 5.75 Å². The highest BCUT2D eigenvalue weighted by molar-refractivity contribution is 6.33. The van der Waals surface area contributed by atoms with Gasteiger partial charge in [0.25, 0.3) is 5.91 Å². The van der Waals surface area contributed by atoms with Gasteiger partial charge >= 0.3 is 0 Å². The molecule has 1 aliphatic heterocycles. The fraction of sp³-hybridized carbons (Fsp3) is 0.273. The van der Waals surface area contributed by atoms with Crippen molar-refractivity contribution in [2.45, 2.75) is 12.3 Å². The summed E-state index contributed by atoms with van der Waals surface area (Å²) in [6.45, 7) is 1.62. The van der Waals surface area contributed by atoms with Gasteiger partial charge in [-0.2, -0.15) is 0 Å². The predicted molar refractivity (Wildman–Crippen MR) is 60.2 cm³/mol. The molecule has 1 heterocycles. The third-order valence-electron chi connectivity index (χ3n) is 2.26. The molecule has 1 aromatic rings. The first-order chi connectivity index (χ1) is 7.58. The van der Waals surface area contributed by atoms with E-state index in [9.17, 15) is 9.59 Å². The van der Waals surface area contributed by atoms with E-state index in [0.717, 1.165) is 0 Å². The summed E-state index contributed by atoms with van der Waals surface area (Å²) in [6, 6.07) is 4.87. The molecule has 0 saturated heterocycles. The first kappa shape index (κ1) is 11.0. The Morgan fingerprint density at radius 1 is 1.56 bits per heavy atom. The van der Waals surface area contributed by atoms with Gasteiger partial charge in [-0.1, -0.05) is 0 Å². The Hall–Kier alpha value is -1.55. The number of hydrogen-bond donors (Lipinski definition) is 1. The van der Waals surface area contributed by atoms with Gasteiger partial charge in [0.15, 0.2) is 12.4 Å². The van der Waals surface area contributed by atoms with Crippen molar-refractivity contribution >= 4 is 29.0 Å². The third kappa shape index (κ3) is 2.02. The van der Waals surface area contributed by atoms with E-state index in [1.165, 1.54) is 0 Å². The van der Waals surface area contributed by atoms with E-state index >= 15 is 0 Å². The van der Waals surface area contributed by atoms with E-state index < -0.39 is 5.38 Å². The zero-order valence-corrected chi connectivity index (χ0v) is 9.38. The van der Waals surface area contributed by atoms with E-state index in [4.69, 9.17) is 16.3 Å². The molecule has 1 N–H and O–H groups in total. The Kier molecular flexibility index (Phi) is 2.83. The quantitative estimate of drug-likeness (QED) is 0.633. The molecule has 0 aliphatic carbocycles. The summed E-state index contributed by atoms with van der Waals surface area (Å²) in [4.78, 5) is 22.7. The highest BCUT2D eigenvalue weighted by atomic mass is 35.5. The van der Waals surface area contributed by atoms with E-state index in [1.807, 2.05) is 0 Å². The molecule has 84 valence electrons. The molecule has 2 rings (SSSR count). The lowest BCUT2D eigenvalue weighted by Crippen LogP contribution is -2.25. The van der Waals surface area contributed by atoms with Crippen LogP contribution in [0.15, 0.2) is 18.2 Å². The molecule has 0 spiro atoms. The van der Waals surface area contributed by atoms with Crippen LogP contribution in [0.3, 0.4) is 0 Å². The Morgan fingerprint density at radius 2 is 2.31 bits per heavy atom. The van der Waals surface area contributed by atoms with Crippen LogP contribution in [0.2, 0.25) is 0 Å². The predicted octanol–water partition coefficient (Wildman–Crippen LogP) is 1.83. The Morgan fingerprint density at radius 3 is 3.00 bits per heavy atom. The van der Waals surface area contributed by atoms with E-state index in [-0.39, 0.29) is 18.3 Å². The van der Waals surface area contributed by atoms with Gasteiger partial charge in [-0.25, -0.2) is 0 Å². The van der Waals surface area contributed by atoms with Gasteiger partial charge in [-0.3, -0.25) is 9.59 Å². The second-order valence-electron chi connectivity index (χ2n) is 3.53. The first-order valence-corrected chi connectivity index (χ1v) is 5.26. The van der Waals surface area contributed by atoms with Crippen LogP contribution in [-0.4, -0.2) is 23.7 Å². The fourth-order valence-corrected chi connectivity index (χ4v) is 1.59. The van der Waals surface area contributed by atoms with Crippen molar-refractivity contribution in [2.75, 3.05) is 11.9 Å². The molecule has 0 bridgehead atoms. The van der Waals surface area contributed by atoms with Crippen LogP contribution in [0.1, 0.15) is 17.3 Å². The maximum atomic E-state index is 11.6. The molecule has 1 atom stereocenters. The number of alkyl halides is 1. The second-order valence-corrected chi connectivity index (χ2v) is 4.18. The van der Waals surface area contributed by atoms with Crippen LogP contribution in [0.4, 0.5) is 5.69 Å². The average molecular weight is 240 g/mol. The zero-order chi connectivity index (χ0) is 11.7. The monoisotopic (exact) mass is 239 g/mol. The SMILES string of the molecule is C[C@@H](Cl)C(=O)c1ccc2c(c1)NC(=O)CO2. The van der Waals surface area contributed by atoms with Gasteiger partial charge in [0.2, 0.25) is 0 Å². The van der Waals surface area contributed by atoms with Gasteiger partial charge in [0.1, 0.15) is 5.75 Å². The Bertz CT molecular complexity index is 457. The Balaban J connectivity index is 2.35. The van der Waals surface area contributed by atoms with E-state index in [0.29, 0.717) is 17.0 Å². The van der Waals surface area contributed by atoms with Crippen molar-refractivity contribution < 1.29 is 14.3 Å². The molecule has 1 aliphatic rings. The Labute approximate surface area is 97.5 Å². The number of hydrogen-bond acceptors (Lipinski definition) is 3. The summed E-state index contributed by atoms with van der Waals surface area (Å²) in [7, 11) is 0. The molecule has 16 heavy (non-hydrogen) atoms. The van der Waals surface area contributed by atoms with Crippen LogP contribution in [-0.2, 0) is 4.79 Å². The van der Waals surface area contributed by atoms with Crippen LogP contribution in [0.25, 0.3) is 0 Å². The van der Waals surface area contributed by atoms with Crippen LogP contribution >= 0.6 is 11.6 Å². The molecular formula is C11H10ClNO3. The van der Waals surface area contributed by atoms with E-state index in [2.05, 4.69) is 5.32 Å². The van der Waals surface area contributed by atoms with Crippen molar-refractivity contribution in [3.8, 4) is 5.75 Å². The average Bonchev–Trinajstić information content (AvgIpc) is 2.26. The number of carbonyl (C=O) groups excluding carboxylic acids is 2. The molecule has 0 aromatic heterocycles. The third-order valence-corrected chi connectivity index (χ3v) is 2.46. The van der Waals surface area contributed by atoms with Crippen molar-refractivity contribution in [3.63, 3.8) is 0 Å². The van der Waals surface area contributed by atoms with Crippen molar-refractivity contribution in [1.82, 2.24) is 0 Å². The minimum absolute atomic E-state index is 0.00615. The topological polar surface area (TPSA) is 55.4 Å². The van der Waals surface area contributed by atoms with Gasteiger partial charge in [-0.05, 0) is 25.1 Å². The molecule has 0 fully saturated rings. The second kappa shape index (κ2) is 4.14. The van der Waals surface area contributed by atoms with Gasteiger partial charge in [-0.15, -0.1) is 11.6 Å². The number of benzene rings is 1. The lowest BCUT2D eigenvalue weighted by atomic mass is 10.1. The molecule has 0 saturated carbocycles. The number of amides is 1. The lowest BCUT2D eigenvalue weighted by molar-refractivity contribution is -0.118. The molecular weight excluding hydrogens is 230 g/mol. The summed E-state index contributed by atoms with van der Waals surface area (Å²) in [5.74, 6) is 0.165. The smallest absolute Gasteiger partial charge is 0.262 e. The lowest BCUT2D eigenvalue weighted by Gasteiger charge is -2.18. The number of ether oxygens (including phenoxy) is 1. The van der Waals surface area contributed by atoms with Crippen LogP contribution in [0, 0.1) is 0 Å². The summed E-state index contributed by atoms with van der Waals surface area (Å²) in [5, 5.41) is 2.05. The van der Waals surface area contributed by atoms with Gasteiger partial charge in [0, 0.05) is 5.56 Å². The summed E-state index contributed by atoms with van der Waals surface area (Å²) < 4.78 is 5.17. The molecule has 0 radical (unpaired) electrons. The number of anilines is 1. The van der Waals surface area contributed by atoms with Crippen molar-refractivity contribution in [3.05, 3.63) is 23.8 Å². The van der Waals surface area contributed by atoms with Crippen molar-refractivity contribution in [2.24, 2.45) is 0 Å². The van der Waals surface area contributed by atoms with E-state index in [1.54, 1.807) is 25.1 Å². The fourth-order valence-electron chi connectivity index (χ4n) is 1.47. The standard InChI is InChI=1S/C11H10ClNO3/c1-6(12)11(15)7-2-3-9-8(4-7)13-10(14)5-16-9/h2-4,6H,5H2,1H3,(H,13,14)/t6-/m1/s1. The molecule has 4 nitrogen and oxygen atoms in total. The van der Waals surface area contributed by atoms with Crippen LogP contribution < -0.4 is 10.1 Å². The number of carbonyl (C=O) groups is 2. The van der Waals surface area contributed by atoms with Crippen molar-refractivity contribution in [1.29, 1.82) is 0 Å². The summed E-state index contributed by atoms with van der Waals surface area (Å²) in [5.41, 5.74) is 0.978. The summed E-state index contributed by atoms with van der Waals surface area (Å²) >= 11 is 5.71. The normalized spacial score (nSPS) is 15.8. The first-order valence-electron chi connectivity index (χ1n) is 4.83. The van der Waals surface area contributed by atoms with Gasteiger partial charge < -0.3 is 10.1 Å². The number of fused-ring (bicyclic) bond motifs is 1. The zero-order valence-electron chi connectivity index (χ0n) is 8.62. The summed E-state index contributed by atoms with van der Waals surface area (Å²) in [6.07, 6.45) is 0. The molecule has 1 aromatic carbocycles. The highest BCUT2D eigenvalue weighted by Gasteiger charge is 2.19. The molecule has 5 heteroatoms. The molecule has 1 amide bonds. The number of nitrogens with one attached hydrogen (secondary N) is 1. The highest BCUT2D eigenvalue weighted by Crippen LogP contribution is 2.29.